The van der Waals surface area contributed by atoms with Gasteiger partial charge >= 0.3 is 0 Å². The molecule has 2 rings (SSSR count). The second kappa shape index (κ2) is 4.26. The Labute approximate surface area is 94.2 Å². The molecule has 1 aromatic heterocycles. The minimum absolute atomic E-state index is 0.531. The third-order valence-corrected chi connectivity index (χ3v) is 2.42. The summed E-state index contributed by atoms with van der Waals surface area (Å²) >= 11 is 0. The molecule has 0 saturated heterocycles. The van der Waals surface area contributed by atoms with Crippen LogP contribution in [0.1, 0.15) is 5.69 Å². The fraction of sp³-hybridized carbons (Fsp3) is 0.250. The van der Waals surface area contributed by atoms with Crippen molar-refractivity contribution in [2.24, 2.45) is 0 Å². The van der Waals surface area contributed by atoms with Crippen molar-refractivity contribution in [1.29, 1.82) is 0 Å². The van der Waals surface area contributed by atoms with Crippen molar-refractivity contribution in [3.8, 4) is 23.0 Å². The molecular formula is C12H14N2O2. The van der Waals surface area contributed by atoms with Gasteiger partial charge in [-0.3, -0.25) is 0 Å². The third-order valence-electron chi connectivity index (χ3n) is 2.42. The predicted octanol–water partition coefficient (Wildman–Crippen LogP) is 2.40. The number of ether oxygens (including phenoxy) is 2. The van der Waals surface area contributed by atoms with Crippen LogP contribution in [0.25, 0.3) is 11.3 Å². The first-order chi connectivity index (χ1) is 7.74. The van der Waals surface area contributed by atoms with Crippen molar-refractivity contribution < 1.29 is 9.47 Å². The Hall–Kier alpha value is -1.97. The predicted molar refractivity (Wildman–Crippen MR) is 61.9 cm³/mol. The Balaban J connectivity index is 2.38. The summed E-state index contributed by atoms with van der Waals surface area (Å²) in [6, 6.07) is 8.30. The Kier molecular flexibility index (Phi) is 2.81. The van der Waals surface area contributed by atoms with E-state index in [2.05, 4.69) is 9.97 Å². The normalized spacial score (nSPS) is 10.2. The van der Waals surface area contributed by atoms with Crippen LogP contribution in [0, 0.1) is 6.92 Å². The van der Waals surface area contributed by atoms with E-state index >= 15 is 0 Å². The Morgan fingerprint density at radius 2 is 1.75 bits per heavy atom. The second-order valence-electron chi connectivity index (χ2n) is 3.45. The van der Waals surface area contributed by atoms with Crippen LogP contribution in [0.5, 0.6) is 11.8 Å². The van der Waals surface area contributed by atoms with Crippen LogP contribution < -0.4 is 9.47 Å². The lowest BCUT2D eigenvalue weighted by molar-refractivity contribution is 0.384. The molecule has 0 bridgehead atoms. The highest BCUT2D eigenvalue weighted by Crippen LogP contribution is 2.25. The van der Waals surface area contributed by atoms with Crippen LogP contribution >= 0.6 is 0 Å². The van der Waals surface area contributed by atoms with Crippen LogP contribution in [0.3, 0.4) is 0 Å². The first-order valence-electron chi connectivity index (χ1n) is 4.99. The van der Waals surface area contributed by atoms with Gasteiger partial charge in [0.15, 0.2) is 0 Å². The number of rotatable bonds is 3. The van der Waals surface area contributed by atoms with E-state index in [1.54, 1.807) is 14.2 Å². The van der Waals surface area contributed by atoms with Gasteiger partial charge in [0.1, 0.15) is 5.75 Å². The van der Waals surface area contributed by atoms with Crippen LogP contribution in [-0.4, -0.2) is 24.2 Å². The van der Waals surface area contributed by atoms with Crippen LogP contribution in [0.15, 0.2) is 24.3 Å². The van der Waals surface area contributed by atoms with E-state index in [9.17, 15) is 0 Å². The van der Waals surface area contributed by atoms with Crippen molar-refractivity contribution >= 4 is 0 Å². The Morgan fingerprint density at radius 3 is 2.25 bits per heavy atom. The zero-order valence-electron chi connectivity index (χ0n) is 9.57. The molecule has 0 saturated carbocycles. The molecule has 84 valence electrons. The molecule has 0 fully saturated rings. The standard InChI is InChI=1S/C12H14N2O2/c1-8-11(14-12(13-8)16-3)9-4-6-10(15-2)7-5-9/h4-7H,1-3H3,(H,13,14). The van der Waals surface area contributed by atoms with E-state index in [4.69, 9.17) is 9.47 Å². The fourth-order valence-electron chi connectivity index (χ4n) is 1.56. The van der Waals surface area contributed by atoms with Crippen LogP contribution in [0.2, 0.25) is 0 Å². The molecular weight excluding hydrogens is 204 g/mol. The lowest BCUT2D eigenvalue weighted by atomic mass is 10.1. The van der Waals surface area contributed by atoms with Gasteiger partial charge in [-0.1, -0.05) is 0 Å². The number of aromatic nitrogens is 2. The third kappa shape index (κ3) is 1.86. The molecule has 4 nitrogen and oxygen atoms in total. The van der Waals surface area contributed by atoms with Crippen molar-refractivity contribution in [3.63, 3.8) is 0 Å². The number of nitrogens with zero attached hydrogens (tertiary/aromatic N) is 1. The quantitative estimate of drug-likeness (QED) is 0.860. The summed E-state index contributed by atoms with van der Waals surface area (Å²) in [5.41, 5.74) is 2.93. The summed E-state index contributed by atoms with van der Waals surface area (Å²) in [6.45, 7) is 1.97. The second-order valence-corrected chi connectivity index (χ2v) is 3.45. The molecule has 2 aromatic rings. The van der Waals surface area contributed by atoms with Gasteiger partial charge in [0.2, 0.25) is 0 Å². The lowest BCUT2D eigenvalue weighted by Gasteiger charge is -2.01. The molecule has 4 heteroatoms. The van der Waals surface area contributed by atoms with Gasteiger partial charge < -0.3 is 14.5 Å². The van der Waals surface area contributed by atoms with Gasteiger partial charge in [0.25, 0.3) is 6.01 Å². The first-order valence-corrected chi connectivity index (χ1v) is 4.99. The first kappa shape index (κ1) is 10.5. The zero-order valence-corrected chi connectivity index (χ0v) is 9.57. The van der Waals surface area contributed by atoms with Gasteiger partial charge in [0, 0.05) is 11.3 Å². The minimum atomic E-state index is 0.531. The molecule has 0 unspecified atom stereocenters. The van der Waals surface area contributed by atoms with Gasteiger partial charge in [-0.15, -0.1) is 0 Å². The Morgan fingerprint density at radius 1 is 1.06 bits per heavy atom. The molecule has 1 aromatic carbocycles. The number of H-pyrrole nitrogens is 1. The maximum atomic E-state index is 5.11. The molecule has 1 heterocycles. The molecule has 0 radical (unpaired) electrons. The highest BCUT2D eigenvalue weighted by atomic mass is 16.5. The zero-order chi connectivity index (χ0) is 11.5. The van der Waals surface area contributed by atoms with E-state index in [0.29, 0.717) is 6.01 Å². The van der Waals surface area contributed by atoms with Gasteiger partial charge in [-0.2, -0.15) is 4.98 Å². The van der Waals surface area contributed by atoms with Crippen molar-refractivity contribution in [2.45, 2.75) is 6.92 Å². The van der Waals surface area contributed by atoms with Gasteiger partial charge in [-0.25, -0.2) is 0 Å². The fourth-order valence-corrected chi connectivity index (χ4v) is 1.56. The molecule has 0 spiro atoms. The average molecular weight is 218 g/mol. The summed E-state index contributed by atoms with van der Waals surface area (Å²) < 4.78 is 10.2. The van der Waals surface area contributed by atoms with E-state index in [1.807, 2.05) is 31.2 Å². The molecule has 0 amide bonds. The largest absolute Gasteiger partial charge is 0.497 e. The summed E-state index contributed by atoms with van der Waals surface area (Å²) in [7, 11) is 3.24. The van der Waals surface area contributed by atoms with E-state index < -0.39 is 0 Å². The summed E-state index contributed by atoms with van der Waals surface area (Å²) in [6.07, 6.45) is 0. The smallest absolute Gasteiger partial charge is 0.294 e. The van der Waals surface area contributed by atoms with Crippen molar-refractivity contribution in [3.05, 3.63) is 30.0 Å². The number of aromatic amines is 1. The number of hydrogen-bond donors (Lipinski definition) is 1. The summed E-state index contributed by atoms with van der Waals surface area (Å²) in [5.74, 6) is 0.837. The number of benzene rings is 1. The maximum Gasteiger partial charge on any atom is 0.294 e. The van der Waals surface area contributed by atoms with Crippen molar-refractivity contribution in [2.75, 3.05) is 14.2 Å². The summed E-state index contributed by atoms with van der Waals surface area (Å²) in [4.78, 5) is 7.39. The molecule has 16 heavy (non-hydrogen) atoms. The monoisotopic (exact) mass is 218 g/mol. The highest BCUT2D eigenvalue weighted by Gasteiger charge is 2.08. The SMILES string of the molecule is COc1ccc(-c2nc(OC)[nH]c2C)cc1. The van der Waals surface area contributed by atoms with Crippen LogP contribution in [0.4, 0.5) is 0 Å². The number of methoxy groups -OCH3 is 2. The number of hydrogen-bond acceptors (Lipinski definition) is 3. The van der Waals surface area contributed by atoms with Gasteiger partial charge in [-0.05, 0) is 31.2 Å². The number of imidazole rings is 1. The average Bonchev–Trinajstić information content (AvgIpc) is 2.71. The molecule has 0 atom stereocenters. The number of nitrogens with one attached hydrogen (secondary N) is 1. The maximum absolute atomic E-state index is 5.11. The van der Waals surface area contributed by atoms with Crippen LogP contribution in [-0.2, 0) is 0 Å². The van der Waals surface area contributed by atoms with E-state index in [-0.39, 0.29) is 0 Å². The molecule has 0 aliphatic heterocycles. The van der Waals surface area contributed by atoms with E-state index in [0.717, 1.165) is 22.7 Å². The molecule has 1 N–H and O–H groups in total. The lowest BCUT2D eigenvalue weighted by Crippen LogP contribution is -1.85. The molecule has 0 aliphatic rings. The van der Waals surface area contributed by atoms with Gasteiger partial charge in [0.05, 0.1) is 19.9 Å². The topological polar surface area (TPSA) is 47.1 Å². The highest BCUT2D eigenvalue weighted by molar-refractivity contribution is 5.63. The Bertz CT molecular complexity index is 474. The minimum Gasteiger partial charge on any atom is -0.497 e. The van der Waals surface area contributed by atoms with E-state index in [1.165, 1.54) is 0 Å². The van der Waals surface area contributed by atoms with Crippen molar-refractivity contribution in [1.82, 2.24) is 9.97 Å². The number of aryl methyl sites for hydroxylation is 1. The molecule has 0 aliphatic carbocycles. The summed E-state index contributed by atoms with van der Waals surface area (Å²) in [5, 5.41) is 0.